The van der Waals surface area contributed by atoms with Crippen LogP contribution in [0.15, 0.2) is 24.3 Å². The highest BCUT2D eigenvalue weighted by Gasteiger charge is 2.43. The second-order valence-corrected chi connectivity index (χ2v) is 31.2. The van der Waals surface area contributed by atoms with E-state index in [1.807, 2.05) is 0 Å². The third-order valence-electron chi connectivity index (χ3n) is 18.6. The first kappa shape index (κ1) is 100. The van der Waals surface area contributed by atoms with Crippen molar-refractivity contribution >= 4 is 128 Å². The van der Waals surface area contributed by atoms with E-state index in [1.165, 1.54) is 65.8 Å². The summed E-state index contributed by atoms with van der Waals surface area (Å²) in [6, 6.07) is -21.3. The van der Waals surface area contributed by atoms with Gasteiger partial charge in [0.25, 0.3) is 0 Å². The lowest BCUT2D eigenvalue weighted by molar-refractivity contribution is -0.144. The predicted molar refractivity (Wildman–Crippen MR) is 409 cm³/mol. The van der Waals surface area contributed by atoms with Gasteiger partial charge >= 0.3 is 29.8 Å². The Labute approximate surface area is 665 Å². The summed E-state index contributed by atoms with van der Waals surface area (Å²) in [6.45, 7) is 12.0. The fourth-order valence-corrected chi connectivity index (χ4v) is 13.8. The summed E-state index contributed by atoms with van der Waals surface area (Å²) in [6.07, 6.45) is -7.01. The number of carboxylic acids is 5. The van der Waals surface area contributed by atoms with Crippen LogP contribution >= 0.6 is 21.6 Å². The van der Waals surface area contributed by atoms with Crippen LogP contribution in [0.5, 0.6) is 5.75 Å². The van der Waals surface area contributed by atoms with Gasteiger partial charge in [0.15, 0.2) is 0 Å². The van der Waals surface area contributed by atoms with Gasteiger partial charge in [-0.1, -0.05) is 94.5 Å². The molecule has 1 saturated heterocycles. The van der Waals surface area contributed by atoms with Crippen molar-refractivity contribution in [2.75, 3.05) is 25.4 Å². The van der Waals surface area contributed by atoms with Gasteiger partial charge in [0.05, 0.1) is 44.4 Å². The van der Waals surface area contributed by atoms with Crippen LogP contribution in [0.2, 0.25) is 0 Å². The van der Waals surface area contributed by atoms with Crippen LogP contribution in [0, 0.1) is 17.8 Å². The molecule has 0 spiro atoms. The predicted octanol–water partition coefficient (Wildman–Crippen LogP) is -5.51. The van der Waals surface area contributed by atoms with E-state index in [4.69, 9.17) is 17.2 Å². The molecule has 0 unspecified atom stereocenters. The van der Waals surface area contributed by atoms with E-state index < -0.39 is 264 Å². The molecule has 1 aromatic carbocycles. The molecule has 0 aliphatic carbocycles. The Balaban J connectivity index is 3.00. The minimum Gasteiger partial charge on any atom is -0.508 e. The van der Waals surface area contributed by atoms with Crippen LogP contribution in [0.1, 0.15) is 151 Å². The highest BCUT2D eigenvalue weighted by molar-refractivity contribution is 8.77. The van der Waals surface area contributed by atoms with Crippen molar-refractivity contribution in [3.63, 3.8) is 0 Å². The zero-order valence-electron chi connectivity index (χ0n) is 64.9. The maximum absolute atomic E-state index is 14.6. The summed E-state index contributed by atoms with van der Waals surface area (Å²) in [5, 5.41) is 112. The summed E-state index contributed by atoms with van der Waals surface area (Å²) >= 11 is 0. The van der Waals surface area contributed by atoms with E-state index in [2.05, 4.69) is 69.1 Å². The van der Waals surface area contributed by atoms with E-state index in [0.717, 1.165) is 28.5 Å². The molecule has 0 radical (unpaired) electrons. The Morgan fingerprint density at radius 3 is 1.07 bits per heavy atom. The van der Waals surface area contributed by atoms with Gasteiger partial charge < -0.3 is 127 Å². The number of phenols is 1. The molecule has 1 aliphatic rings. The molecule has 1 fully saturated rings. The average molecular weight is 1660 g/mol. The molecule has 0 bridgehead atoms. The van der Waals surface area contributed by atoms with Crippen LogP contribution in [0.4, 0.5) is 0 Å². The van der Waals surface area contributed by atoms with Gasteiger partial charge in [-0.3, -0.25) is 81.5 Å². The van der Waals surface area contributed by atoms with E-state index in [1.54, 1.807) is 13.8 Å². The molecule has 1 aliphatic heterocycles. The Morgan fingerprint density at radius 2 is 0.728 bits per heavy atom. The Morgan fingerprint density at radius 1 is 0.430 bits per heavy atom. The van der Waals surface area contributed by atoms with Gasteiger partial charge in [-0.2, -0.15) is 0 Å². The van der Waals surface area contributed by atoms with E-state index in [9.17, 15) is 127 Å². The Bertz CT molecular complexity index is 3520. The fourth-order valence-electron chi connectivity index (χ4n) is 11.0. The average Bonchev–Trinajstić information content (AvgIpc) is 0.846. The number of aliphatic carboxylic acids is 5. The number of aromatic hydroxyl groups is 1. The molecule has 114 heavy (non-hydrogen) atoms. The third kappa shape index (κ3) is 34.0. The number of hydrogen-bond acceptors (Lipinski definition) is 26. The lowest BCUT2D eigenvalue weighted by atomic mass is 9.96. The molecule has 44 heteroatoms. The molecule has 13 amide bonds. The number of hydrogen-bond donors (Lipinski definition) is 24. The maximum Gasteiger partial charge on any atom is 0.327 e. The van der Waals surface area contributed by atoms with Crippen molar-refractivity contribution in [2.24, 2.45) is 35.0 Å². The van der Waals surface area contributed by atoms with E-state index in [-0.39, 0.29) is 75.8 Å². The van der Waals surface area contributed by atoms with Crippen LogP contribution in [-0.4, -0.2) is 268 Å². The molecule has 18 atom stereocenters. The van der Waals surface area contributed by atoms with Crippen LogP contribution in [0.25, 0.3) is 0 Å². The molecule has 640 valence electrons. The zero-order valence-corrected chi connectivity index (χ0v) is 66.5. The number of rotatable bonds is 27. The highest BCUT2D eigenvalue weighted by Crippen LogP contribution is 2.38. The number of nitrogens with two attached hydrogens (primary N) is 3. The van der Waals surface area contributed by atoms with Gasteiger partial charge in [0.2, 0.25) is 76.8 Å². The minimum absolute atomic E-state index is 0.00686. The van der Waals surface area contributed by atoms with Crippen molar-refractivity contribution in [2.45, 2.75) is 248 Å². The first-order valence-electron chi connectivity index (χ1n) is 37.0. The number of aliphatic hydroxyl groups excluding tert-OH is 2. The van der Waals surface area contributed by atoms with Gasteiger partial charge in [-0.15, -0.1) is 0 Å². The van der Waals surface area contributed by atoms with Gasteiger partial charge in [0.1, 0.15) is 84.3 Å². The lowest BCUT2D eigenvalue weighted by Gasteiger charge is -2.32. The number of amides is 13. The first-order valence-corrected chi connectivity index (χ1v) is 39.3. The highest BCUT2D eigenvalue weighted by atomic mass is 33.1. The molecule has 1 heterocycles. The number of phenolic OH excluding ortho intramolecular Hbond substituents is 1. The number of nitrogens with one attached hydrogen (secondary N) is 13. The fraction of sp³-hybridized carbons (Fsp3) is 0.657. The van der Waals surface area contributed by atoms with Gasteiger partial charge in [-0.05, 0) is 108 Å². The smallest absolute Gasteiger partial charge is 0.327 e. The topological polar surface area (TPSA) is 704 Å². The monoisotopic (exact) mass is 1660 g/mol. The largest absolute Gasteiger partial charge is 0.508 e. The normalized spacial score (nSPS) is 26.5. The number of aliphatic hydroxyl groups is 2. The zero-order chi connectivity index (χ0) is 86.6. The van der Waals surface area contributed by atoms with Crippen LogP contribution in [0.3, 0.4) is 0 Å². The summed E-state index contributed by atoms with van der Waals surface area (Å²) in [5.41, 5.74) is 18.2. The molecule has 42 nitrogen and oxygen atoms in total. The molecule has 1 aromatic rings. The van der Waals surface area contributed by atoms with E-state index in [0.29, 0.717) is 6.42 Å². The van der Waals surface area contributed by atoms with Crippen LogP contribution < -0.4 is 86.3 Å². The van der Waals surface area contributed by atoms with Crippen molar-refractivity contribution in [1.82, 2.24) is 69.1 Å². The summed E-state index contributed by atoms with van der Waals surface area (Å²) in [7, 11) is 1.67. The number of carboxylic acid groups (broad SMARTS) is 5. The summed E-state index contributed by atoms with van der Waals surface area (Å²) in [5.74, 6) is -28.5. The number of carbonyl (C=O) groups is 18. The first-order chi connectivity index (χ1) is 53.4. The summed E-state index contributed by atoms with van der Waals surface area (Å²) < 4.78 is -1.36. The molecule has 2 rings (SSSR count). The lowest BCUT2D eigenvalue weighted by Crippen LogP contribution is -2.63. The second kappa shape index (κ2) is 49.6. The van der Waals surface area contributed by atoms with Crippen molar-refractivity contribution < 1.29 is 127 Å². The molecule has 0 aromatic heterocycles. The minimum atomic E-state index is -2.21. The molecular formula is C70H112N16O26S2. The maximum atomic E-state index is 14.6. The van der Waals surface area contributed by atoms with Gasteiger partial charge in [0, 0.05) is 16.9 Å². The number of carbonyl (C=O) groups excluding carboxylic acids is 13. The second-order valence-electron chi connectivity index (χ2n) is 28.2. The standard InChI is InChI=1S/C70H112N16O26S2/c1-10-32(4)51-64(106)79-42(27-48(92)93)60(102)77-44(29-50(96)97)62(104)85-52(33(5)11-2)65(107)78-41(26-47(90)91)58(100)74-38(17-13-15-23-71)57(99)86-54(35(7)88)67(109)80-43(28-49(94)95)59(101)76-40(25-36-19-21-37(89)22-20-36)61(103)84-53(34(6)12-3)66(108)81-45(30-87)63(105)82-46(69(111)112)31-113-114-70(8,9)55(73)68(110)75-39(56(98)83-51)18-14-16-24-72/h19-22,32-35,38-46,51-55,87-89H,10-18,23-31,71-73H2,1-9H3,(H,74,100)(H,75,110)(H,76,101)(H,77,102)(H,78,107)(H,79,106)(H,80,109)(H,81,108)(H,82,105)(H,83,98)(H,84,103)(H,85,104)(H,86,99)(H,90,91)(H,92,93)(H,94,95)(H,96,97)(H,111,112)/t32-,33-,34-,35+,38-,39-,40-,41-,42-,43-,44-,45-,46+,51-,52-,53-,54-,55-/m0/s1. The van der Waals surface area contributed by atoms with Crippen molar-refractivity contribution in [3.05, 3.63) is 29.8 Å². The Kier molecular flexibility index (Phi) is 43.5. The van der Waals surface area contributed by atoms with E-state index >= 15 is 0 Å². The molecule has 0 saturated carbocycles. The van der Waals surface area contributed by atoms with Crippen molar-refractivity contribution in [1.29, 1.82) is 0 Å². The van der Waals surface area contributed by atoms with Crippen molar-refractivity contribution in [3.8, 4) is 5.75 Å². The summed E-state index contributed by atoms with van der Waals surface area (Å²) in [4.78, 5) is 248. The third-order valence-corrected chi connectivity index (χ3v) is 21.9. The molecule has 27 N–H and O–H groups in total. The quantitative estimate of drug-likeness (QED) is 0.0289. The SMILES string of the molecule is CC[C@H](C)[C@@H]1NC(=O)[C@H](CC(=O)O)NC(=O)[C@H](CC(=O)O)NC(=O)[C@H]([C@@H](C)CC)NC(=O)[C@H](CCCCN)NC(=O)[C@H](N)C(C)(C)SSC[C@H](C(=O)O)NC(=O)[C@H](CO)NC(=O)[C@H]([C@@H](C)CC)NC(=O)[C@H](Cc2ccc(O)cc2)NC(=O)[C@H](CC(=O)O)NC(=O)[C@H]([C@@H](C)O)NC(=O)[C@H](CCCCN)NC(=O)[C@H](CC(=O)O)NC1=O. The Hall–Kier alpha value is -10.0. The van der Waals surface area contributed by atoms with Gasteiger partial charge in [-0.25, -0.2) is 4.79 Å². The van der Waals surface area contributed by atoms with Crippen LogP contribution in [-0.2, 0) is 92.7 Å². The number of unbranched alkanes of at least 4 members (excludes halogenated alkanes) is 2. The number of benzene rings is 1. The molecular weight excluding hydrogens is 1540 g/mol.